The zero-order valence-corrected chi connectivity index (χ0v) is 9.17. The molecular formula is C12H16F2O. The lowest BCUT2D eigenvalue weighted by Crippen LogP contribution is -2.17. The number of aliphatic hydroxyl groups is 1. The van der Waals surface area contributed by atoms with Gasteiger partial charge in [-0.05, 0) is 11.0 Å². The Labute approximate surface area is 88.7 Å². The van der Waals surface area contributed by atoms with Crippen LogP contribution in [0.25, 0.3) is 0 Å². The molecular weight excluding hydrogens is 198 g/mol. The summed E-state index contributed by atoms with van der Waals surface area (Å²) in [6.45, 7) is 5.70. The molecule has 1 aromatic rings. The van der Waals surface area contributed by atoms with Gasteiger partial charge in [-0.1, -0.05) is 45.0 Å². The third kappa shape index (κ3) is 2.99. The molecule has 0 fully saturated rings. The zero-order valence-electron chi connectivity index (χ0n) is 9.17. The Balaban J connectivity index is 2.89. The Bertz CT molecular complexity index is 311. The quantitative estimate of drug-likeness (QED) is 0.795. The summed E-state index contributed by atoms with van der Waals surface area (Å²) in [5.41, 5.74) is 0.374. The molecule has 0 amide bonds. The van der Waals surface area contributed by atoms with Crippen LogP contribution in [0.3, 0.4) is 0 Å². The fraction of sp³-hybridized carbons (Fsp3) is 0.500. The van der Waals surface area contributed by atoms with E-state index in [0.29, 0.717) is 5.56 Å². The van der Waals surface area contributed by atoms with Gasteiger partial charge in [-0.2, -0.15) is 0 Å². The van der Waals surface area contributed by atoms with Gasteiger partial charge in [-0.25, -0.2) is 8.78 Å². The first-order chi connectivity index (χ1) is 6.82. The fourth-order valence-corrected chi connectivity index (χ4v) is 1.32. The molecule has 0 radical (unpaired) electrons. The maximum atomic E-state index is 12.3. The minimum Gasteiger partial charge on any atom is -0.388 e. The average Bonchev–Trinajstić information content (AvgIpc) is 2.15. The minimum absolute atomic E-state index is 0.0140. The zero-order chi connectivity index (χ0) is 11.6. The summed E-state index contributed by atoms with van der Waals surface area (Å²) in [6.07, 6.45) is -3.09. The van der Waals surface area contributed by atoms with E-state index in [9.17, 15) is 13.9 Å². The lowest BCUT2D eigenvalue weighted by Gasteiger charge is -2.26. The first-order valence-corrected chi connectivity index (χ1v) is 4.88. The highest BCUT2D eigenvalue weighted by Crippen LogP contribution is 2.33. The van der Waals surface area contributed by atoms with Crippen LogP contribution in [-0.4, -0.2) is 5.11 Å². The Hall–Kier alpha value is -0.960. The highest BCUT2D eigenvalue weighted by atomic mass is 19.3. The van der Waals surface area contributed by atoms with Gasteiger partial charge in [0.1, 0.15) is 0 Å². The monoisotopic (exact) mass is 214 g/mol. The van der Waals surface area contributed by atoms with E-state index >= 15 is 0 Å². The molecule has 84 valence electrons. The number of alkyl halides is 2. The standard InChI is InChI=1S/C12H16F2O/c1-12(2,3)10(15)8-4-6-9(7-5-8)11(13)14/h4-7,10-11,15H,1-3H3. The maximum Gasteiger partial charge on any atom is 0.263 e. The second-order valence-corrected chi connectivity index (χ2v) is 4.74. The van der Waals surface area contributed by atoms with Crippen molar-refractivity contribution >= 4 is 0 Å². The summed E-state index contributed by atoms with van der Waals surface area (Å²) in [6, 6.07) is 5.82. The minimum atomic E-state index is -2.45. The number of hydrogen-bond acceptors (Lipinski definition) is 1. The molecule has 15 heavy (non-hydrogen) atoms. The van der Waals surface area contributed by atoms with Gasteiger partial charge in [0.05, 0.1) is 6.10 Å². The van der Waals surface area contributed by atoms with Gasteiger partial charge in [0.2, 0.25) is 0 Å². The first kappa shape index (κ1) is 12.1. The van der Waals surface area contributed by atoms with Gasteiger partial charge < -0.3 is 5.11 Å². The summed E-state index contributed by atoms with van der Waals surface area (Å²) in [4.78, 5) is 0. The smallest absolute Gasteiger partial charge is 0.263 e. The van der Waals surface area contributed by atoms with E-state index in [2.05, 4.69) is 0 Å². The molecule has 0 aliphatic rings. The lowest BCUT2D eigenvalue weighted by atomic mass is 9.85. The molecule has 1 nitrogen and oxygen atoms in total. The summed E-state index contributed by atoms with van der Waals surface area (Å²) in [7, 11) is 0. The summed E-state index contributed by atoms with van der Waals surface area (Å²) < 4.78 is 24.5. The predicted molar refractivity (Wildman–Crippen MR) is 55.8 cm³/mol. The van der Waals surface area contributed by atoms with Crippen molar-refractivity contribution < 1.29 is 13.9 Å². The molecule has 1 unspecified atom stereocenters. The maximum absolute atomic E-state index is 12.3. The molecule has 1 N–H and O–H groups in total. The number of halogens is 2. The number of rotatable bonds is 2. The van der Waals surface area contributed by atoms with Gasteiger partial charge in [0.25, 0.3) is 6.43 Å². The van der Waals surface area contributed by atoms with Crippen LogP contribution >= 0.6 is 0 Å². The highest BCUT2D eigenvalue weighted by molar-refractivity contribution is 5.25. The largest absolute Gasteiger partial charge is 0.388 e. The first-order valence-electron chi connectivity index (χ1n) is 4.88. The normalized spacial score (nSPS) is 14.3. The van der Waals surface area contributed by atoms with Crippen molar-refractivity contribution in [3.8, 4) is 0 Å². The second kappa shape index (κ2) is 4.27. The average molecular weight is 214 g/mol. The van der Waals surface area contributed by atoms with Gasteiger partial charge in [-0.15, -0.1) is 0 Å². The lowest BCUT2D eigenvalue weighted by molar-refractivity contribution is 0.0625. The molecule has 3 heteroatoms. The molecule has 0 saturated heterocycles. The molecule has 0 saturated carbocycles. The topological polar surface area (TPSA) is 20.2 Å². The molecule has 0 spiro atoms. The van der Waals surface area contributed by atoms with Crippen LogP contribution in [0.15, 0.2) is 24.3 Å². The molecule has 1 rings (SSSR count). The molecule has 0 aromatic heterocycles. The van der Waals surface area contributed by atoms with Crippen LogP contribution < -0.4 is 0 Å². The van der Waals surface area contributed by atoms with Gasteiger partial charge in [0.15, 0.2) is 0 Å². The van der Waals surface area contributed by atoms with E-state index in [0.717, 1.165) is 0 Å². The van der Waals surface area contributed by atoms with Crippen molar-refractivity contribution in [2.45, 2.75) is 33.3 Å². The van der Waals surface area contributed by atoms with E-state index in [1.54, 1.807) is 12.1 Å². The van der Waals surface area contributed by atoms with E-state index in [-0.39, 0.29) is 11.0 Å². The molecule has 0 aliphatic heterocycles. The highest BCUT2D eigenvalue weighted by Gasteiger charge is 2.23. The van der Waals surface area contributed by atoms with Crippen LogP contribution in [0.2, 0.25) is 0 Å². The van der Waals surface area contributed by atoms with Crippen LogP contribution in [0.1, 0.15) is 44.4 Å². The van der Waals surface area contributed by atoms with Crippen LogP contribution in [0.4, 0.5) is 8.78 Å². The molecule has 1 aromatic carbocycles. The van der Waals surface area contributed by atoms with Gasteiger partial charge >= 0.3 is 0 Å². The molecule has 0 heterocycles. The van der Waals surface area contributed by atoms with Crippen LogP contribution in [-0.2, 0) is 0 Å². The van der Waals surface area contributed by atoms with Crippen molar-refractivity contribution in [2.75, 3.05) is 0 Å². The van der Waals surface area contributed by atoms with E-state index in [4.69, 9.17) is 0 Å². The van der Waals surface area contributed by atoms with E-state index < -0.39 is 12.5 Å². The third-order valence-electron chi connectivity index (χ3n) is 2.32. The summed E-state index contributed by atoms with van der Waals surface area (Å²) >= 11 is 0. The Morgan fingerprint density at radius 2 is 1.40 bits per heavy atom. The molecule has 0 bridgehead atoms. The number of aliphatic hydroxyl groups excluding tert-OH is 1. The number of hydrogen-bond donors (Lipinski definition) is 1. The molecule has 1 atom stereocenters. The van der Waals surface area contributed by atoms with E-state index in [1.165, 1.54) is 12.1 Å². The van der Waals surface area contributed by atoms with Gasteiger partial charge in [-0.3, -0.25) is 0 Å². The van der Waals surface area contributed by atoms with E-state index in [1.807, 2.05) is 20.8 Å². The summed E-state index contributed by atoms with van der Waals surface area (Å²) in [5.74, 6) is 0. The van der Waals surface area contributed by atoms with Crippen LogP contribution in [0, 0.1) is 5.41 Å². The van der Waals surface area contributed by atoms with Crippen LogP contribution in [0.5, 0.6) is 0 Å². The Morgan fingerprint density at radius 1 is 1.00 bits per heavy atom. The Kier molecular flexibility index (Phi) is 3.45. The summed E-state index contributed by atoms with van der Waals surface area (Å²) in [5, 5.41) is 9.90. The van der Waals surface area contributed by atoms with Crippen molar-refractivity contribution in [1.82, 2.24) is 0 Å². The Morgan fingerprint density at radius 3 is 1.73 bits per heavy atom. The van der Waals surface area contributed by atoms with Crippen molar-refractivity contribution in [3.05, 3.63) is 35.4 Å². The second-order valence-electron chi connectivity index (χ2n) is 4.74. The number of benzene rings is 1. The molecule has 0 aliphatic carbocycles. The SMILES string of the molecule is CC(C)(C)C(O)c1ccc(C(F)F)cc1. The third-order valence-corrected chi connectivity index (χ3v) is 2.32. The van der Waals surface area contributed by atoms with Crippen molar-refractivity contribution in [1.29, 1.82) is 0 Å². The predicted octanol–water partition coefficient (Wildman–Crippen LogP) is 3.70. The van der Waals surface area contributed by atoms with Gasteiger partial charge in [0, 0.05) is 5.56 Å². The van der Waals surface area contributed by atoms with Crippen molar-refractivity contribution in [3.63, 3.8) is 0 Å². The van der Waals surface area contributed by atoms with Crippen molar-refractivity contribution in [2.24, 2.45) is 5.41 Å². The fourth-order valence-electron chi connectivity index (χ4n) is 1.32.